The van der Waals surface area contributed by atoms with Crippen molar-refractivity contribution in [2.75, 3.05) is 6.54 Å². The largest absolute Gasteiger partial charge is 0.390 e. The molecule has 0 radical (unpaired) electrons. The first-order valence-electron chi connectivity index (χ1n) is 8.21. The van der Waals surface area contributed by atoms with Crippen molar-refractivity contribution >= 4 is 28.1 Å². The van der Waals surface area contributed by atoms with Gasteiger partial charge in [-0.25, -0.2) is 0 Å². The fourth-order valence-electron chi connectivity index (χ4n) is 2.91. The Hall–Kier alpha value is -2.48. The number of aliphatic hydroxyl groups excluding tert-OH is 1. The van der Waals surface area contributed by atoms with E-state index < -0.39 is 11.0 Å². The molecule has 1 heterocycles. The molecule has 2 atom stereocenters. The minimum atomic E-state index is -0.726. The number of aromatic nitrogens is 2. The third-order valence-corrected chi connectivity index (χ3v) is 4.59. The Labute approximate surface area is 155 Å². The van der Waals surface area contributed by atoms with Crippen molar-refractivity contribution in [3.8, 4) is 0 Å². The normalized spacial score (nSPS) is 13.7. The van der Waals surface area contributed by atoms with Crippen molar-refractivity contribution in [2.45, 2.75) is 25.6 Å². The van der Waals surface area contributed by atoms with E-state index in [1.54, 1.807) is 0 Å². The quantitative estimate of drug-likeness (QED) is 0.489. The zero-order chi connectivity index (χ0) is 18.7. The van der Waals surface area contributed by atoms with E-state index in [1.807, 2.05) is 43.3 Å². The third-order valence-electron chi connectivity index (χ3n) is 4.26. The number of benzene rings is 2. The first-order chi connectivity index (χ1) is 12.5. The summed E-state index contributed by atoms with van der Waals surface area (Å²) >= 11 is 6.26. The van der Waals surface area contributed by atoms with Crippen LogP contribution in [-0.4, -0.2) is 32.5 Å². The second-order valence-corrected chi connectivity index (χ2v) is 6.55. The Morgan fingerprint density at radius 3 is 2.73 bits per heavy atom. The van der Waals surface area contributed by atoms with E-state index in [1.165, 1.54) is 17.1 Å². The molecule has 0 aliphatic carbocycles. The van der Waals surface area contributed by atoms with Crippen molar-refractivity contribution < 1.29 is 10.0 Å². The molecule has 1 aromatic heterocycles. The smallest absolute Gasteiger partial charge is 0.306 e. The molecule has 0 saturated carbocycles. The van der Waals surface area contributed by atoms with Gasteiger partial charge in [-0.2, -0.15) is 5.10 Å². The van der Waals surface area contributed by atoms with Crippen molar-refractivity contribution in [1.82, 2.24) is 15.1 Å². The maximum absolute atomic E-state index is 10.7. The van der Waals surface area contributed by atoms with Crippen LogP contribution in [0, 0.1) is 10.1 Å². The van der Waals surface area contributed by atoms with Crippen LogP contribution in [-0.2, 0) is 6.54 Å². The Kier molecular flexibility index (Phi) is 5.51. The molecule has 136 valence electrons. The SMILES string of the molecule is CC(NCC(O)Cn1cc([N+](=O)[O-])cn1)c1ccc(Cl)c2ccccc12. The number of nitrogens with one attached hydrogen (secondary N) is 1. The summed E-state index contributed by atoms with van der Waals surface area (Å²) in [6, 6.07) is 11.8. The lowest BCUT2D eigenvalue weighted by molar-refractivity contribution is -0.385. The van der Waals surface area contributed by atoms with Gasteiger partial charge in [0.15, 0.2) is 0 Å². The van der Waals surface area contributed by atoms with Gasteiger partial charge < -0.3 is 10.4 Å². The van der Waals surface area contributed by atoms with Crippen LogP contribution in [0.15, 0.2) is 48.8 Å². The number of rotatable bonds is 7. The first kappa shape index (κ1) is 18.3. The van der Waals surface area contributed by atoms with Gasteiger partial charge in [-0.15, -0.1) is 0 Å². The van der Waals surface area contributed by atoms with E-state index in [9.17, 15) is 15.2 Å². The van der Waals surface area contributed by atoms with Crippen LogP contribution in [0.2, 0.25) is 5.02 Å². The predicted molar refractivity (Wildman–Crippen MR) is 100 cm³/mol. The molecule has 2 N–H and O–H groups in total. The summed E-state index contributed by atoms with van der Waals surface area (Å²) in [5.41, 5.74) is 0.998. The van der Waals surface area contributed by atoms with Crippen LogP contribution >= 0.6 is 11.6 Å². The highest BCUT2D eigenvalue weighted by atomic mass is 35.5. The van der Waals surface area contributed by atoms with Crippen LogP contribution in [0.3, 0.4) is 0 Å². The summed E-state index contributed by atoms with van der Waals surface area (Å²) in [4.78, 5) is 10.2. The molecule has 0 amide bonds. The number of hydrogen-bond donors (Lipinski definition) is 2. The Morgan fingerprint density at radius 2 is 2.04 bits per heavy atom. The van der Waals surface area contributed by atoms with E-state index in [2.05, 4.69) is 10.4 Å². The zero-order valence-electron chi connectivity index (χ0n) is 14.2. The van der Waals surface area contributed by atoms with Gasteiger partial charge in [0, 0.05) is 23.0 Å². The average molecular weight is 375 g/mol. The lowest BCUT2D eigenvalue weighted by atomic mass is 9.99. The molecule has 0 aliphatic heterocycles. The summed E-state index contributed by atoms with van der Waals surface area (Å²) in [7, 11) is 0. The lowest BCUT2D eigenvalue weighted by Crippen LogP contribution is -2.32. The van der Waals surface area contributed by atoms with Gasteiger partial charge in [0.1, 0.15) is 12.4 Å². The molecule has 7 nitrogen and oxygen atoms in total. The molecular weight excluding hydrogens is 356 g/mol. The Balaban J connectivity index is 1.64. The van der Waals surface area contributed by atoms with Crippen LogP contribution in [0.25, 0.3) is 10.8 Å². The number of aliphatic hydroxyl groups is 1. The standard InChI is InChI=1S/C18H19ClN4O3/c1-12(15-6-7-18(19)17-5-3-2-4-16(15)17)20-9-14(24)11-22-10-13(8-21-22)23(25)26/h2-8,10,12,14,20,24H,9,11H2,1H3. The van der Waals surface area contributed by atoms with Crippen molar-refractivity contribution in [3.05, 3.63) is 69.5 Å². The van der Waals surface area contributed by atoms with Crippen LogP contribution in [0.1, 0.15) is 18.5 Å². The summed E-state index contributed by atoms with van der Waals surface area (Å²) in [5.74, 6) is 0. The molecule has 8 heteroatoms. The average Bonchev–Trinajstić information content (AvgIpc) is 3.09. The highest BCUT2D eigenvalue weighted by molar-refractivity contribution is 6.35. The van der Waals surface area contributed by atoms with Gasteiger partial charge in [-0.3, -0.25) is 14.8 Å². The molecule has 2 unspecified atom stereocenters. The van der Waals surface area contributed by atoms with Crippen LogP contribution in [0.4, 0.5) is 5.69 Å². The Bertz CT molecular complexity index is 928. The molecule has 2 aromatic carbocycles. The fraction of sp³-hybridized carbons (Fsp3) is 0.278. The second kappa shape index (κ2) is 7.82. The van der Waals surface area contributed by atoms with Gasteiger partial charge in [0.05, 0.1) is 17.6 Å². The van der Waals surface area contributed by atoms with E-state index in [4.69, 9.17) is 11.6 Å². The fourth-order valence-corrected chi connectivity index (χ4v) is 3.14. The van der Waals surface area contributed by atoms with E-state index >= 15 is 0 Å². The van der Waals surface area contributed by atoms with Gasteiger partial charge in [0.2, 0.25) is 0 Å². The summed E-state index contributed by atoms with van der Waals surface area (Å²) in [5, 5.41) is 30.8. The zero-order valence-corrected chi connectivity index (χ0v) is 14.9. The lowest BCUT2D eigenvalue weighted by Gasteiger charge is -2.19. The van der Waals surface area contributed by atoms with Gasteiger partial charge in [-0.1, -0.05) is 41.9 Å². The predicted octanol–water partition coefficient (Wildman–Crippen LogP) is 3.31. The van der Waals surface area contributed by atoms with E-state index in [0.717, 1.165) is 16.3 Å². The maximum atomic E-state index is 10.7. The monoisotopic (exact) mass is 374 g/mol. The minimum absolute atomic E-state index is 0.00113. The molecule has 0 aliphatic rings. The van der Waals surface area contributed by atoms with Crippen LogP contribution in [0.5, 0.6) is 0 Å². The van der Waals surface area contributed by atoms with Gasteiger partial charge >= 0.3 is 5.69 Å². The molecule has 0 bridgehead atoms. The Morgan fingerprint density at radius 1 is 1.31 bits per heavy atom. The summed E-state index contributed by atoms with van der Waals surface area (Å²) in [6.07, 6.45) is 1.75. The molecule has 0 saturated heterocycles. The minimum Gasteiger partial charge on any atom is -0.390 e. The molecular formula is C18H19ClN4O3. The van der Waals surface area contributed by atoms with Crippen LogP contribution < -0.4 is 5.32 Å². The summed E-state index contributed by atoms with van der Waals surface area (Å²) < 4.78 is 1.37. The number of halogens is 1. The third kappa shape index (κ3) is 4.01. The maximum Gasteiger partial charge on any atom is 0.306 e. The van der Waals surface area contributed by atoms with E-state index in [0.29, 0.717) is 11.6 Å². The first-order valence-corrected chi connectivity index (χ1v) is 8.59. The highest BCUT2D eigenvalue weighted by Crippen LogP contribution is 2.29. The van der Waals surface area contributed by atoms with Crippen molar-refractivity contribution in [2.24, 2.45) is 0 Å². The molecule has 0 spiro atoms. The number of nitrogens with zero attached hydrogens (tertiary/aromatic N) is 3. The summed E-state index contributed by atoms with van der Waals surface area (Å²) in [6.45, 7) is 2.52. The second-order valence-electron chi connectivity index (χ2n) is 6.14. The molecule has 26 heavy (non-hydrogen) atoms. The molecule has 0 fully saturated rings. The molecule has 3 rings (SSSR count). The highest BCUT2D eigenvalue weighted by Gasteiger charge is 2.15. The van der Waals surface area contributed by atoms with Gasteiger partial charge in [0.25, 0.3) is 0 Å². The van der Waals surface area contributed by atoms with Crippen molar-refractivity contribution in [1.29, 1.82) is 0 Å². The number of hydrogen-bond acceptors (Lipinski definition) is 5. The van der Waals surface area contributed by atoms with E-state index in [-0.39, 0.29) is 18.3 Å². The number of fused-ring (bicyclic) bond motifs is 1. The van der Waals surface area contributed by atoms with Gasteiger partial charge in [-0.05, 0) is 23.9 Å². The topological polar surface area (TPSA) is 93.2 Å². The molecule has 3 aromatic rings. The number of nitro groups is 1. The van der Waals surface area contributed by atoms with Crippen molar-refractivity contribution in [3.63, 3.8) is 0 Å².